The quantitative estimate of drug-likeness (QED) is 0.554. The lowest BCUT2D eigenvalue weighted by atomic mass is 9.94. The van der Waals surface area contributed by atoms with Gasteiger partial charge in [0, 0.05) is 12.6 Å². The Hall–Kier alpha value is -2.22. The normalized spacial score (nSPS) is 17.2. The number of epoxide rings is 1. The molecule has 1 aliphatic rings. The highest BCUT2D eigenvalue weighted by Crippen LogP contribution is 2.33. The fourth-order valence-corrected chi connectivity index (χ4v) is 2.82. The van der Waals surface area contributed by atoms with Gasteiger partial charge in [-0.05, 0) is 45.7 Å². The molecule has 0 N–H and O–H groups in total. The van der Waals surface area contributed by atoms with Crippen LogP contribution in [0.1, 0.15) is 33.3 Å². The van der Waals surface area contributed by atoms with Crippen molar-refractivity contribution in [3.8, 4) is 0 Å². The summed E-state index contributed by atoms with van der Waals surface area (Å²) in [5.74, 6) is -2.95. The molecular formula is C19H25F2NO5. The van der Waals surface area contributed by atoms with E-state index in [0.29, 0.717) is 12.7 Å². The number of benzene rings is 1. The number of hydrogen-bond donors (Lipinski definition) is 0. The molecule has 0 radical (unpaired) electrons. The Morgan fingerprint density at radius 1 is 1.33 bits per heavy atom. The van der Waals surface area contributed by atoms with Crippen LogP contribution >= 0.6 is 0 Å². The van der Waals surface area contributed by atoms with Crippen LogP contribution in [0, 0.1) is 17.6 Å². The highest BCUT2D eigenvalue weighted by molar-refractivity contribution is 5.89. The van der Waals surface area contributed by atoms with Gasteiger partial charge in [0.15, 0.2) is 0 Å². The molecule has 1 saturated heterocycles. The molecule has 0 aliphatic carbocycles. The SMILES string of the molecule is CCN(C(=O)OC(C)(C)C)c1c(F)cc(F)cc1CC(C(=O)OC)C1CO1. The molecule has 150 valence electrons. The zero-order chi connectivity index (χ0) is 20.4. The third kappa shape index (κ3) is 5.38. The minimum Gasteiger partial charge on any atom is -0.469 e. The van der Waals surface area contributed by atoms with E-state index in [1.54, 1.807) is 27.7 Å². The number of carbonyl (C=O) groups excluding carboxylic acids is 2. The van der Waals surface area contributed by atoms with Crippen LogP contribution in [-0.2, 0) is 25.4 Å². The highest BCUT2D eigenvalue weighted by atomic mass is 19.1. The first kappa shape index (κ1) is 21.1. The van der Waals surface area contributed by atoms with E-state index >= 15 is 0 Å². The molecule has 1 aliphatic heterocycles. The lowest BCUT2D eigenvalue weighted by Crippen LogP contribution is -2.38. The van der Waals surface area contributed by atoms with Crippen molar-refractivity contribution in [2.24, 2.45) is 5.92 Å². The van der Waals surface area contributed by atoms with E-state index in [1.807, 2.05) is 0 Å². The Bertz CT molecular complexity index is 713. The first-order chi connectivity index (χ1) is 12.6. The van der Waals surface area contributed by atoms with Crippen LogP contribution in [0.15, 0.2) is 12.1 Å². The van der Waals surface area contributed by atoms with Crippen LogP contribution in [0.25, 0.3) is 0 Å². The topological polar surface area (TPSA) is 68.4 Å². The maximum absolute atomic E-state index is 14.7. The molecule has 6 nitrogen and oxygen atoms in total. The summed E-state index contributed by atoms with van der Waals surface area (Å²) < 4.78 is 43.8. The number of esters is 1. The fraction of sp³-hybridized carbons (Fsp3) is 0.579. The predicted molar refractivity (Wildman–Crippen MR) is 94.6 cm³/mol. The molecule has 1 heterocycles. The van der Waals surface area contributed by atoms with E-state index in [2.05, 4.69) is 0 Å². The molecule has 0 saturated carbocycles. The largest absolute Gasteiger partial charge is 0.469 e. The molecule has 0 spiro atoms. The Kier molecular flexibility index (Phi) is 6.41. The van der Waals surface area contributed by atoms with E-state index < -0.39 is 35.2 Å². The Morgan fingerprint density at radius 2 is 1.96 bits per heavy atom. The van der Waals surface area contributed by atoms with E-state index in [4.69, 9.17) is 14.2 Å². The minimum atomic E-state index is -0.905. The average molecular weight is 385 g/mol. The second-order valence-corrected chi connectivity index (χ2v) is 7.33. The number of ether oxygens (including phenoxy) is 3. The summed E-state index contributed by atoms with van der Waals surface area (Å²) >= 11 is 0. The summed E-state index contributed by atoms with van der Waals surface area (Å²) in [5, 5.41) is 0. The molecule has 0 aromatic heterocycles. The van der Waals surface area contributed by atoms with Gasteiger partial charge in [-0.2, -0.15) is 0 Å². The van der Waals surface area contributed by atoms with Gasteiger partial charge in [0.2, 0.25) is 0 Å². The minimum absolute atomic E-state index is 0.0271. The molecule has 2 atom stereocenters. The van der Waals surface area contributed by atoms with Crippen LogP contribution in [0.2, 0.25) is 0 Å². The van der Waals surface area contributed by atoms with Gasteiger partial charge in [0.1, 0.15) is 17.2 Å². The maximum Gasteiger partial charge on any atom is 0.414 e. The second-order valence-electron chi connectivity index (χ2n) is 7.33. The standard InChI is InChI=1S/C19H25F2NO5/c1-6-22(18(24)27-19(2,3)4)16-11(7-12(20)9-14(16)21)8-13(15-10-26-15)17(23)25-5/h7,9,13,15H,6,8,10H2,1-5H3. The van der Waals surface area contributed by atoms with Crippen molar-refractivity contribution >= 4 is 17.7 Å². The summed E-state index contributed by atoms with van der Waals surface area (Å²) in [5.41, 5.74) is -0.716. The van der Waals surface area contributed by atoms with Gasteiger partial charge in [0.05, 0.1) is 31.4 Å². The van der Waals surface area contributed by atoms with Crippen LogP contribution in [-0.4, -0.2) is 44.0 Å². The number of amides is 1. The molecular weight excluding hydrogens is 360 g/mol. The monoisotopic (exact) mass is 385 g/mol. The van der Waals surface area contributed by atoms with Crippen molar-refractivity contribution in [2.75, 3.05) is 25.2 Å². The van der Waals surface area contributed by atoms with E-state index in [1.165, 1.54) is 7.11 Å². The van der Waals surface area contributed by atoms with Crippen LogP contribution in [0.4, 0.5) is 19.3 Å². The number of nitrogens with zero attached hydrogens (tertiary/aromatic N) is 1. The molecule has 1 aromatic rings. The molecule has 0 bridgehead atoms. The number of halogens is 2. The third-order valence-electron chi connectivity index (χ3n) is 4.06. The maximum atomic E-state index is 14.7. The van der Waals surface area contributed by atoms with Gasteiger partial charge in [-0.1, -0.05) is 0 Å². The molecule has 2 rings (SSSR count). The Morgan fingerprint density at radius 3 is 2.44 bits per heavy atom. The zero-order valence-electron chi connectivity index (χ0n) is 16.2. The highest BCUT2D eigenvalue weighted by Gasteiger charge is 2.40. The van der Waals surface area contributed by atoms with Crippen molar-refractivity contribution in [3.05, 3.63) is 29.3 Å². The summed E-state index contributed by atoms with van der Waals surface area (Å²) in [6.07, 6.45) is -1.15. The first-order valence-electron chi connectivity index (χ1n) is 8.75. The summed E-state index contributed by atoms with van der Waals surface area (Å²) in [7, 11) is 1.24. The van der Waals surface area contributed by atoms with Crippen molar-refractivity contribution in [2.45, 2.75) is 45.8 Å². The average Bonchev–Trinajstić information content (AvgIpc) is 3.37. The molecule has 1 fully saturated rings. The smallest absolute Gasteiger partial charge is 0.414 e. The summed E-state index contributed by atoms with van der Waals surface area (Å²) in [6.45, 7) is 7.21. The van der Waals surface area contributed by atoms with Crippen LogP contribution in [0.3, 0.4) is 0 Å². The molecule has 1 aromatic carbocycles. The van der Waals surface area contributed by atoms with E-state index in [9.17, 15) is 18.4 Å². The van der Waals surface area contributed by atoms with Gasteiger partial charge in [0.25, 0.3) is 0 Å². The van der Waals surface area contributed by atoms with Gasteiger partial charge in [-0.3, -0.25) is 9.69 Å². The number of carbonyl (C=O) groups is 2. The van der Waals surface area contributed by atoms with Crippen molar-refractivity contribution < 1.29 is 32.6 Å². The first-order valence-corrected chi connectivity index (χ1v) is 8.75. The van der Waals surface area contributed by atoms with Gasteiger partial charge in [-0.15, -0.1) is 0 Å². The second kappa shape index (κ2) is 8.21. The van der Waals surface area contributed by atoms with Gasteiger partial charge >= 0.3 is 12.1 Å². The number of anilines is 1. The van der Waals surface area contributed by atoms with Gasteiger partial charge in [-0.25, -0.2) is 13.6 Å². The fourth-order valence-electron chi connectivity index (χ4n) is 2.82. The zero-order valence-corrected chi connectivity index (χ0v) is 16.2. The molecule has 8 heteroatoms. The Balaban J connectivity index is 2.42. The summed E-state index contributed by atoms with van der Waals surface area (Å²) in [6, 6.07) is 1.82. The molecule has 27 heavy (non-hydrogen) atoms. The Labute approximate surface area is 157 Å². The van der Waals surface area contributed by atoms with E-state index in [0.717, 1.165) is 11.0 Å². The number of hydrogen-bond acceptors (Lipinski definition) is 5. The third-order valence-corrected chi connectivity index (χ3v) is 4.06. The van der Waals surface area contributed by atoms with Crippen molar-refractivity contribution in [1.29, 1.82) is 0 Å². The number of methoxy groups -OCH3 is 1. The van der Waals surface area contributed by atoms with Crippen molar-refractivity contribution in [3.63, 3.8) is 0 Å². The lowest BCUT2D eigenvalue weighted by molar-refractivity contribution is -0.146. The number of rotatable bonds is 6. The predicted octanol–water partition coefficient (Wildman–Crippen LogP) is 3.46. The molecule has 2 unspecified atom stereocenters. The van der Waals surface area contributed by atoms with Crippen molar-refractivity contribution in [1.82, 2.24) is 0 Å². The molecule has 1 amide bonds. The van der Waals surface area contributed by atoms with E-state index in [-0.39, 0.29) is 30.3 Å². The van der Waals surface area contributed by atoms with Crippen LogP contribution < -0.4 is 4.90 Å². The lowest BCUT2D eigenvalue weighted by Gasteiger charge is -2.28. The van der Waals surface area contributed by atoms with Gasteiger partial charge < -0.3 is 14.2 Å². The van der Waals surface area contributed by atoms with Crippen LogP contribution in [0.5, 0.6) is 0 Å². The summed E-state index contributed by atoms with van der Waals surface area (Å²) in [4.78, 5) is 25.7.